The van der Waals surface area contributed by atoms with Crippen LogP contribution in [0.5, 0.6) is 17.2 Å². The number of nitrogens with zero attached hydrogens (tertiary/aromatic N) is 3. The van der Waals surface area contributed by atoms with Gasteiger partial charge in [0.2, 0.25) is 6.79 Å². The zero-order valence-electron chi connectivity index (χ0n) is 16.9. The van der Waals surface area contributed by atoms with Crippen LogP contribution in [0.25, 0.3) is 11.4 Å². The van der Waals surface area contributed by atoms with Crippen LogP contribution < -0.4 is 24.8 Å². The van der Waals surface area contributed by atoms with Gasteiger partial charge in [-0.25, -0.2) is 4.98 Å². The first-order valence-electron chi connectivity index (χ1n) is 9.64. The maximum absolute atomic E-state index is 5.42. The van der Waals surface area contributed by atoms with Gasteiger partial charge in [0.15, 0.2) is 23.3 Å². The highest BCUT2D eigenvalue weighted by Gasteiger charge is 2.13. The van der Waals surface area contributed by atoms with Gasteiger partial charge >= 0.3 is 0 Å². The Balaban J connectivity index is 1.26. The fourth-order valence-electron chi connectivity index (χ4n) is 3.05. The molecule has 3 aromatic rings. The second-order valence-corrected chi connectivity index (χ2v) is 6.62. The van der Waals surface area contributed by atoms with Crippen LogP contribution in [-0.4, -0.2) is 48.6 Å². The van der Waals surface area contributed by atoms with E-state index in [0.717, 1.165) is 41.6 Å². The van der Waals surface area contributed by atoms with Crippen LogP contribution in [0, 0.1) is 0 Å². The number of methoxy groups -OCH3 is 1. The van der Waals surface area contributed by atoms with Crippen molar-refractivity contribution in [3.05, 3.63) is 53.9 Å². The van der Waals surface area contributed by atoms with Gasteiger partial charge in [-0.05, 0) is 48.4 Å². The van der Waals surface area contributed by atoms with Crippen LogP contribution in [0.15, 0.2) is 47.5 Å². The lowest BCUT2D eigenvalue weighted by molar-refractivity contribution is 0.174. The summed E-state index contributed by atoms with van der Waals surface area (Å²) < 4.78 is 15.9. The fraction of sp³-hybridized carbons (Fsp3) is 0.286. The second kappa shape index (κ2) is 9.17. The summed E-state index contributed by atoms with van der Waals surface area (Å²) in [5.74, 6) is 4.45. The molecule has 9 heteroatoms. The molecular weight excluding hydrogens is 384 g/mol. The van der Waals surface area contributed by atoms with Gasteiger partial charge in [0.05, 0.1) is 13.7 Å². The number of hydrogen-bond acceptors (Lipinski definition) is 6. The number of guanidine groups is 1. The van der Waals surface area contributed by atoms with Crippen molar-refractivity contribution in [3.63, 3.8) is 0 Å². The molecule has 0 atom stereocenters. The first-order chi connectivity index (χ1) is 14.7. The average molecular weight is 408 g/mol. The standard InChI is InChI=1S/C21H24N6O3/c1-22-21(23-10-9-14-3-8-17-18(11-14)30-13-29-17)24-12-19-25-20(27-26-19)15-4-6-16(28-2)7-5-15/h3-8,11H,9-10,12-13H2,1-2H3,(H2,22,23,24)(H,25,26,27). The van der Waals surface area contributed by atoms with Gasteiger partial charge < -0.3 is 24.8 Å². The Bertz CT molecular complexity index is 1020. The fourth-order valence-corrected chi connectivity index (χ4v) is 3.05. The number of benzene rings is 2. The minimum atomic E-state index is 0.287. The van der Waals surface area contributed by atoms with Crippen LogP contribution in [0.1, 0.15) is 11.4 Å². The van der Waals surface area contributed by atoms with E-state index in [0.29, 0.717) is 18.3 Å². The van der Waals surface area contributed by atoms with Gasteiger partial charge in [-0.15, -0.1) is 0 Å². The van der Waals surface area contributed by atoms with E-state index in [1.54, 1.807) is 14.2 Å². The van der Waals surface area contributed by atoms with E-state index in [1.165, 1.54) is 5.56 Å². The lowest BCUT2D eigenvalue weighted by atomic mass is 10.1. The molecule has 2 heterocycles. The number of aromatic nitrogens is 3. The lowest BCUT2D eigenvalue weighted by Gasteiger charge is -2.11. The maximum Gasteiger partial charge on any atom is 0.231 e. The van der Waals surface area contributed by atoms with Gasteiger partial charge in [0.25, 0.3) is 0 Å². The monoisotopic (exact) mass is 408 g/mol. The number of nitrogens with one attached hydrogen (secondary N) is 3. The number of fused-ring (bicyclic) bond motifs is 1. The third-order valence-corrected chi connectivity index (χ3v) is 4.67. The van der Waals surface area contributed by atoms with E-state index in [2.05, 4.69) is 30.8 Å². The number of rotatable bonds is 7. The molecule has 4 rings (SSSR count). The molecule has 0 unspecified atom stereocenters. The summed E-state index contributed by atoms with van der Waals surface area (Å²) in [6.45, 7) is 1.50. The quantitative estimate of drug-likeness (QED) is 0.406. The molecule has 1 aliphatic heterocycles. The summed E-state index contributed by atoms with van der Waals surface area (Å²) in [5.41, 5.74) is 2.09. The van der Waals surface area contributed by atoms with Gasteiger partial charge in [0.1, 0.15) is 11.6 Å². The van der Waals surface area contributed by atoms with E-state index in [9.17, 15) is 0 Å². The molecule has 0 bridgehead atoms. The molecule has 0 spiro atoms. The minimum Gasteiger partial charge on any atom is -0.497 e. The Morgan fingerprint density at radius 3 is 2.77 bits per heavy atom. The Labute approximate surface area is 174 Å². The van der Waals surface area contributed by atoms with E-state index in [4.69, 9.17) is 14.2 Å². The molecule has 0 amide bonds. The molecule has 0 fully saturated rings. The highest BCUT2D eigenvalue weighted by Crippen LogP contribution is 2.32. The van der Waals surface area contributed by atoms with Gasteiger partial charge in [-0.3, -0.25) is 10.1 Å². The number of aromatic amines is 1. The van der Waals surface area contributed by atoms with Crippen molar-refractivity contribution < 1.29 is 14.2 Å². The first kappa shape index (κ1) is 19.6. The van der Waals surface area contributed by atoms with E-state index in [-0.39, 0.29) is 6.79 Å². The second-order valence-electron chi connectivity index (χ2n) is 6.62. The van der Waals surface area contributed by atoms with Crippen LogP contribution in [0.3, 0.4) is 0 Å². The highest BCUT2D eigenvalue weighted by molar-refractivity contribution is 5.79. The third kappa shape index (κ3) is 4.62. The molecule has 0 aliphatic carbocycles. The highest BCUT2D eigenvalue weighted by atomic mass is 16.7. The molecular formula is C21H24N6O3. The summed E-state index contributed by atoms with van der Waals surface area (Å²) in [6, 6.07) is 13.6. The van der Waals surface area contributed by atoms with Gasteiger partial charge in [0, 0.05) is 19.2 Å². The van der Waals surface area contributed by atoms with Crippen molar-refractivity contribution >= 4 is 5.96 Å². The molecule has 156 valence electrons. The Hall–Kier alpha value is -3.75. The normalized spacial score (nSPS) is 12.7. The van der Waals surface area contributed by atoms with Crippen LogP contribution in [0.4, 0.5) is 0 Å². The molecule has 3 N–H and O–H groups in total. The van der Waals surface area contributed by atoms with Gasteiger partial charge in [-0.2, -0.15) is 5.10 Å². The maximum atomic E-state index is 5.42. The zero-order chi connectivity index (χ0) is 20.8. The zero-order valence-corrected chi connectivity index (χ0v) is 16.9. The molecule has 0 saturated carbocycles. The van der Waals surface area contributed by atoms with Crippen molar-refractivity contribution in [3.8, 4) is 28.6 Å². The van der Waals surface area contributed by atoms with Crippen LogP contribution in [-0.2, 0) is 13.0 Å². The average Bonchev–Trinajstić information content (AvgIpc) is 3.45. The number of H-pyrrole nitrogens is 1. The van der Waals surface area contributed by atoms with Crippen molar-refractivity contribution in [2.45, 2.75) is 13.0 Å². The summed E-state index contributed by atoms with van der Waals surface area (Å²) in [4.78, 5) is 8.77. The molecule has 2 aromatic carbocycles. The topological polar surface area (TPSA) is 106 Å². The number of ether oxygens (including phenoxy) is 3. The Kier molecular flexibility index (Phi) is 5.98. The summed E-state index contributed by atoms with van der Waals surface area (Å²) in [6.07, 6.45) is 0.835. The van der Waals surface area contributed by atoms with Crippen molar-refractivity contribution in [2.24, 2.45) is 4.99 Å². The molecule has 9 nitrogen and oxygen atoms in total. The minimum absolute atomic E-state index is 0.287. The smallest absolute Gasteiger partial charge is 0.231 e. The Morgan fingerprint density at radius 1 is 1.13 bits per heavy atom. The predicted molar refractivity (Wildman–Crippen MR) is 113 cm³/mol. The molecule has 1 aliphatic rings. The summed E-state index contributed by atoms with van der Waals surface area (Å²) >= 11 is 0. The number of aliphatic imine (C=N–C) groups is 1. The molecule has 30 heavy (non-hydrogen) atoms. The van der Waals surface area contributed by atoms with E-state index in [1.807, 2.05) is 42.5 Å². The van der Waals surface area contributed by atoms with Crippen molar-refractivity contribution in [1.82, 2.24) is 25.8 Å². The van der Waals surface area contributed by atoms with Gasteiger partial charge in [-0.1, -0.05) is 6.07 Å². The first-order valence-corrected chi connectivity index (χ1v) is 9.64. The Morgan fingerprint density at radius 2 is 1.97 bits per heavy atom. The van der Waals surface area contributed by atoms with Crippen LogP contribution in [0.2, 0.25) is 0 Å². The third-order valence-electron chi connectivity index (χ3n) is 4.67. The van der Waals surface area contributed by atoms with Crippen molar-refractivity contribution in [1.29, 1.82) is 0 Å². The summed E-state index contributed by atoms with van der Waals surface area (Å²) in [5, 5.41) is 13.8. The number of hydrogen-bond donors (Lipinski definition) is 3. The van der Waals surface area contributed by atoms with E-state index >= 15 is 0 Å². The predicted octanol–water partition coefficient (Wildman–Crippen LogP) is 2.12. The molecule has 0 saturated heterocycles. The van der Waals surface area contributed by atoms with Crippen LogP contribution >= 0.6 is 0 Å². The summed E-state index contributed by atoms with van der Waals surface area (Å²) in [7, 11) is 3.38. The van der Waals surface area contributed by atoms with Crippen molar-refractivity contribution in [2.75, 3.05) is 27.5 Å². The lowest BCUT2D eigenvalue weighted by Crippen LogP contribution is -2.38. The SMILES string of the molecule is CN=C(NCCc1ccc2c(c1)OCO2)NCc1nc(-c2ccc(OC)cc2)n[nH]1. The largest absolute Gasteiger partial charge is 0.497 e. The molecule has 0 radical (unpaired) electrons. The molecule has 1 aromatic heterocycles. The van der Waals surface area contributed by atoms with E-state index < -0.39 is 0 Å².